The summed E-state index contributed by atoms with van der Waals surface area (Å²) in [5.41, 5.74) is 2.38. The molecule has 0 radical (unpaired) electrons. The molecule has 1 amide bonds. The summed E-state index contributed by atoms with van der Waals surface area (Å²) in [4.78, 5) is 12.1. The maximum atomic E-state index is 12.1. The van der Waals surface area contributed by atoms with Crippen molar-refractivity contribution < 1.29 is 14.3 Å². The van der Waals surface area contributed by atoms with Gasteiger partial charge in [0.15, 0.2) is 11.5 Å². The van der Waals surface area contributed by atoms with Crippen molar-refractivity contribution in [3.05, 3.63) is 58.6 Å². The zero-order valence-corrected chi connectivity index (χ0v) is 15.4. The van der Waals surface area contributed by atoms with Crippen molar-refractivity contribution in [1.29, 1.82) is 0 Å². The van der Waals surface area contributed by atoms with Crippen LogP contribution in [0.2, 0.25) is 5.02 Å². The molecule has 0 saturated carbocycles. The van der Waals surface area contributed by atoms with Crippen LogP contribution in [-0.2, 0) is 4.79 Å². The van der Waals surface area contributed by atoms with Crippen molar-refractivity contribution in [1.82, 2.24) is 0 Å². The van der Waals surface area contributed by atoms with Gasteiger partial charge in [0.2, 0.25) is 5.91 Å². The van der Waals surface area contributed by atoms with E-state index in [0.717, 1.165) is 17.5 Å². The number of carbonyl (C=O) groups excluding carboxylic acids is 1. The molecular weight excluding hydrogens is 338 g/mol. The topological polar surface area (TPSA) is 47.6 Å². The summed E-state index contributed by atoms with van der Waals surface area (Å²) in [6.07, 6.45) is 4.12. The minimum absolute atomic E-state index is 0.226. The van der Waals surface area contributed by atoms with Crippen molar-refractivity contribution in [2.45, 2.75) is 20.3 Å². The van der Waals surface area contributed by atoms with Crippen molar-refractivity contribution in [3.63, 3.8) is 0 Å². The van der Waals surface area contributed by atoms with Gasteiger partial charge in [0, 0.05) is 16.8 Å². The molecule has 5 heteroatoms. The number of amides is 1. The SMILES string of the molecule is CCCOc1ccc(C=CC(=O)Nc2cccc(Cl)c2C)cc1OC. The van der Waals surface area contributed by atoms with Gasteiger partial charge in [-0.15, -0.1) is 0 Å². The van der Waals surface area contributed by atoms with E-state index in [1.807, 2.05) is 38.1 Å². The summed E-state index contributed by atoms with van der Waals surface area (Å²) < 4.78 is 11.0. The Hall–Kier alpha value is -2.46. The quantitative estimate of drug-likeness (QED) is 0.700. The third-order valence-electron chi connectivity index (χ3n) is 3.60. The highest BCUT2D eigenvalue weighted by molar-refractivity contribution is 6.31. The lowest BCUT2D eigenvalue weighted by Gasteiger charge is -2.10. The van der Waals surface area contributed by atoms with Crippen LogP contribution in [0.5, 0.6) is 11.5 Å². The first-order valence-corrected chi connectivity index (χ1v) is 8.48. The Labute approximate surface area is 153 Å². The summed E-state index contributed by atoms with van der Waals surface area (Å²) in [5.74, 6) is 1.11. The number of ether oxygens (including phenoxy) is 2. The van der Waals surface area contributed by atoms with Gasteiger partial charge in [-0.2, -0.15) is 0 Å². The van der Waals surface area contributed by atoms with E-state index in [4.69, 9.17) is 21.1 Å². The second kappa shape index (κ2) is 9.14. The summed E-state index contributed by atoms with van der Waals surface area (Å²) in [6, 6.07) is 11.0. The van der Waals surface area contributed by atoms with Crippen LogP contribution in [-0.4, -0.2) is 19.6 Å². The molecule has 0 unspecified atom stereocenters. The van der Waals surface area contributed by atoms with Gasteiger partial charge in [-0.1, -0.05) is 30.7 Å². The van der Waals surface area contributed by atoms with Crippen LogP contribution in [0.4, 0.5) is 5.69 Å². The van der Waals surface area contributed by atoms with Crippen LogP contribution >= 0.6 is 11.6 Å². The Morgan fingerprint density at radius 2 is 2.04 bits per heavy atom. The normalized spacial score (nSPS) is 10.7. The fraction of sp³-hybridized carbons (Fsp3) is 0.250. The van der Waals surface area contributed by atoms with Gasteiger partial charge >= 0.3 is 0 Å². The summed E-state index contributed by atoms with van der Waals surface area (Å²) in [6.45, 7) is 4.54. The lowest BCUT2D eigenvalue weighted by molar-refractivity contribution is -0.111. The van der Waals surface area contributed by atoms with E-state index >= 15 is 0 Å². The summed E-state index contributed by atoms with van der Waals surface area (Å²) >= 11 is 6.06. The van der Waals surface area contributed by atoms with Crippen LogP contribution in [0.3, 0.4) is 0 Å². The van der Waals surface area contributed by atoms with E-state index in [9.17, 15) is 4.79 Å². The highest BCUT2D eigenvalue weighted by Crippen LogP contribution is 2.28. The Morgan fingerprint density at radius 3 is 2.76 bits per heavy atom. The molecule has 0 aliphatic carbocycles. The van der Waals surface area contributed by atoms with Crippen molar-refractivity contribution >= 4 is 29.3 Å². The number of carbonyl (C=O) groups is 1. The Bertz CT molecular complexity index is 772. The van der Waals surface area contributed by atoms with Crippen LogP contribution in [0, 0.1) is 6.92 Å². The van der Waals surface area contributed by atoms with Gasteiger partial charge in [0.1, 0.15) is 0 Å². The number of rotatable bonds is 7. The molecule has 132 valence electrons. The largest absolute Gasteiger partial charge is 0.493 e. The predicted molar refractivity (Wildman–Crippen MR) is 103 cm³/mol. The molecule has 2 aromatic carbocycles. The third kappa shape index (κ3) is 5.26. The van der Waals surface area contributed by atoms with Gasteiger partial charge in [0.05, 0.1) is 13.7 Å². The predicted octanol–water partition coefficient (Wildman–Crippen LogP) is 5.10. The van der Waals surface area contributed by atoms with Crippen LogP contribution < -0.4 is 14.8 Å². The number of hydrogen-bond acceptors (Lipinski definition) is 3. The lowest BCUT2D eigenvalue weighted by atomic mass is 10.1. The van der Waals surface area contributed by atoms with Crippen LogP contribution in [0.15, 0.2) is 42.5 Å². The van der Waals surface area contributed by atoms with Crippen molar-refractivity contribution in [2.75, 3.05) is 19.0 Å². The third-order valence-corrected chi connectivity index (χ3v) is 4.01. The van der Waals surface area contributed by atoms with Crippen LogP contribution in [0.25, 0.3) is 6.08 Å². The van der Waals surface area contributed by atoms with Crippen molar-refractivity contribution in [3.8, 4) is 11.5 Å². The van der Waals surface area contributed by atoms with Crippen molar-refractivity contribution in [2.24, 2.45) is 0 Å². The standard InChI is InChI=1S/C20H22ClNO3/c1-4-12-25-18-10-8-15(13-19(18)24-3)9-11-20(23)22-17-7-5-6-16(21)14(17)2/h5-11,13H,4,12H2,1-3H3,(H,22,23). The Kier molecular flexibility index (Phi) is 6.90. The molecule has 0 fully saturated rings. The molecule has 0 spiro atoms. The van der Waals surface area contributed by atoms with E-state index in [-0.39, 0.29) is 5.91 Å². The summed E-state index contributed by atoms with van der Waals surface area (Å²) in [7, 11) is 1.59. The van der Waals surface area contributed by atoms with E-state index in [0.29, 0.717) is 28.8 Å². The van der Waals surface area contributed by atoms with E-state index in [2.05, 4.69) is 5.32 Å². The minimum atomic E-state index is -0.226. The zero-order valence-electron chi connectivity index (χ0n) is 14.6. The van der Waals surface area contributed by atoms with Gasteiger partial charge in [-0.05, 0) is 54.8 Å². The molecule has 0 aromatic heterocycles. The number of benzene rings is 2. The zero-order chi connectivity index (χ0) is 18.2. The van der Waals surface area contributed by atoms with Gasteiger partial charge in [-0.3, -0.25) is 4.79 Å². The number of halogens is 1. The Morgan fingerprint density at radius 1 is 1.24 bits per heavy atom. The molecule has 2 rings (SSSR count). The second-order valence-corrected chi connectivity index (χ2v) is 5.90. The Balaban J connectivity index is 2.07. The fourth-order valence-corrected chi connectivity index (χ4v) is 2.38. The smallest absolute Gasteiger partial charge is 0.248 e. The molecule has 0 aliphatic heterocycles. The molecule has 0 bridgehead atoms. The number of methoxy groups -OCH3 is 1. The van der Waals surface area contributed by atoms with Crippen LogP contribution in [0.1, 0.15) is 24.5 Å². The first-order valence-electron chi connectivity index (χ1n) is 8.10. The first kappa shape index (κ1) is 18.9. The average molecular weight is 360 g/mol. The van der Waals surface area contributed by atoms with Gasteiger partial charge < -0.3 is 14.8 Å². The highest BCUT2D eigenvalue weighted by atomic mass is 35.5. The maximum absolute atomic E-state index is 12.1. The minimum Gasteiger partial charge on any atom is -0.493 e. The fourth-order valence-electron chi connectivity index (χ4n) is 2.21. The van der Waals surface area contributed by atoms with E-state index in [1.165, 1.54) is 6.08 Å². The highest BCUT2D eigenvalue weighted by Gasteiger charge is 2.06. The molecule has 2 aromatic rings. The second-order valence-electron chi connectivity index (χ2n) is 5.49. The molecular formula is C20H22ClNO3. The molecule has 0 atom stereocenters. The van der Waals surface area contributed by atoms with E-state index < -0.39 is 0 Å². The summed E-state index contributed by atoms with van der Waals surface area (Å²) in [5, 5.41) is 3.44. The van der Waals surface area contributed by atoms with E-state index in [1.54, 1.807) is 25.3 Å². The average Bonchev–Trinajstić information content (AvgIpc) is 2.62. The molecule has 0 saturated heterocycles. The van der Waals surface area contributed by atoms with Gasteiger partial charge in [0.25, 0.3) is 0 Å². The maximum Gasteiger partial charge on any atom is 0.248 e. The number of nitrogens with one attached hydrogen (secondary N) is 1. The molecule has 4 nitrogen and oxygen atoms in total. The molecule has 0 heterocycles. The molecule has 0 aliphatic rings. The molecule has 1 N–H and O–H groups in total. The molecule has 25 heavy (non-hydrogen) atoms. The van der Waals surface area contributed by atoms with Gasteiger partial charge in [-0.25, -0.2) is 0 Å². The lowest BCUT2D eigenvalue weighted by Crippen LogP contribution is -2.09. The monoisotopic (exact) mass is 359 g/mol. The first-order chi connectivity index (χ1) is 12.0. The number of hydrogen-bond donors (Lipinski definition) is 1. The number of anilines is 1.